The summed E-state index contributed by atoms with van der Waals surface area (Å²) in [4.78, 5) is 24.7. The SMILES string of the molecule is COc1ccc(C(=O)NC(=O)CSc2nnc(-c3ccco3)n2Cc2ccccc2)cc1. The normalized spacial score (nSPS) is 10.7. The van der Waals surface area contributed by atoms with E-state index in [1.54, 1.807) is 49.8 Å². The van der Waals surface area contributed by atoms with Gasteiger partial charge >= 0.3 is 0 Å². The number of hydrogen-bond donors (Lipinski definition) is 1. The van der Waals surface area contributed by atoms with Crippen molar-refractivity contribution in [3.05, 3.63) is 84.1 Å². The molecule has 2 heterocycles. The first kappa shape index (κ1) is 21.4. The molecule has 0 aliphatic rings. The predicted octanol–water partition coefficient (Wildman–Crippen LogP) is 3.64. The van der Waals surface area contributed by atoms with E-state index in [1.165, 1.54) is 11.8 Å². The summed E-state index contributed by atoms with van der Waals surface area (Å²) in [7, 11) is 1.55. The molecule has 0 saturated heterocycles. The Hall–Kier alpha value is -3.85. The van der Waals surface area contributed by atoms with Gasteiger partial charge in [0.15, 0.2) is 10.9 Å². The summed E-state index contributed by atoms with van der Waals surface area (Å²) in [5.74, 6) is 0.890. The smallest absolute Gasteiger partial charge is 0.257 e. The Morgan fingerprint density at radius 2 is 1.81 bits per heavy atom. The van der Waals surface area contributed by atoms with Crippen molar-refractivity contribution in [2.75, 3.05) is 12.9 Å². The molecule has 4 aromatic rings. The van der Waals surface area contributed by atoms with Gasteiger partial charge in [0.25, 0.3) is 5.91 Å². The highest BCUT2D eigenvalue weighted by Gasteiger charge is 2.18. The number of aromatic nitrogens is 3. The number of thioether (sulfide) groups is 1. The van der Waals surface area contributed by atoms with E-state index in [2.05, 4.69) is 15.5 Å². The van der Waals surface area contributed by atoms with Crippen molar-refractivity contribution >= 4 is 23.6 Å². The molecular weight excluding hydrogens is 428 g/mol. The summed E-state index contributed by atoms with van der Waals surface area (Å²) >= 11 is 1.20. The third-order valence-electron chi connectivity index (χ3n) is 4.58. The monoisotopic (exact) mass is 448 g/mol. The summed E-state index contributed by atoms with van der Waals surface area (Å²) in [6, 6.07) is 20.0. The molecule has 0 aliphatic heterocycles. The minimum absolute atomic E-state index is 0.00692. The molecule has 0 radical (unpaired) electrons. The van der Waals surface area contributed by atoms with Gasteiger partial charge in [-0.1, -0.05) is 42.1 Å². The Labute approximate surface area is 188 Å². The zero-order valence-corrected chi connectivity index (χ0v) is 18.0. The Morgan fingerprint density at radius 1 is 1.03 bits per heavy atom. The van der Waals surface area contributed by atoms with Crippen LogP contribution in [0.4, 0.5) is 0 Å². The largest absolute Gasteiger partial charge is 0.497 e. The average molecular weight is 449 g/mol. The van der Waals surface area contributed by atoms with Crippen LogP contribution in [-0.4, -0.2) is 39.4 Å². The fourth-order valence-corrected chi connectivity index (χ4v) is 3.74. The zero-order valence-electron chi connectivity index (χ0n) is 17.2. The summed E-state index contributed by atoms with van der Waals surface area (Å²) in [5, 5.41) is 11.4. The number of methoxy groups -OCH3 is 1. The molecule has 1 N–H and O–H groups in total. The topological polar surface area (TPSA) is 99.2 Å². The van der Waals surface area contributed by atoms with Gasteiger partial charge in [-0.25, -0.2) is 0 Å². The summed E-state index contributed by atoms with van der Waals surface area (Å²) < 4.78 is 12.5. The van der Waals surface area contributed by atoms with Crippen LogP contribution in [0.15, 0.2) is 82.6 Å². The fourth-order valence-electron chi connectivity index (χ4n) is 3.00. The van der Waals surface area contributed by atoms with Crippen LogP contribution in [0.3, 0.4) is 0 Å². The number of nitrogens with one attached hydrogen (secondary N) is 1. The molecule has 8 nitrogen and oxygen atoms in total. The molecule has 9 heteroatoms. The lowest BCUT2D eigenvalue weighted by Gasteiger charge is -2.09. The summed E-state index contributed by atoms with van der Waals surface area (Å²) in [5.41, 5.74) is 1.43. The number of furan rings is 1. The van der Waals surface area contributed by atoms with Crippen molar-refractivity contribution in [3.63, 3.8) is 0 Å². The van der Waals surface area contributed by atoms with Crippen molar-refractivity contribution in [1.29, 1.82) is 0 Å². The number of carbonyl (C=O) groups excluding carboxylic acids is 2. The van der Waals surface area contributed by atoms with Gasteiger partial charge in [-0.3, -0.25) is 19.5 Å². The third kappa shape index (κ3) is 5.06. The molecule has 0 fully saturated rings. The first-order valence-corrected chi connectivity index (χ1v) is 10.7. The quantitative estimate of drug-likeness (QED) is 0.411. The second kappa shape index (κ2) is 9.97. The minimum atomic E-state index is -0.472. The molecule has 2 amide bonds. The van der Waals surface area contributed by atoms with Crippen LogP contribution in [0, 0.1) is 0 Å². The number of hydrogen-bond acceptors (Lipinski definition) is 7. The molecule has 32 heavy (non-hydrogen) atoms. The van der Waals surface area contributed by atoms with E-state index >= 15 is 0 Å². The molecule has 0 aliphatic carbocycles. The maximum absolute atomic E-state index is 12.4. The Morgan fingerprint density at radius 3 is 2.50 bits per heavy atom. The van der Waals surface area contributed by atoms with Crippen molar-refractivity contribution in [2.24, 2.45) is 0 Å². The molecule has 0 unspecified atom stereocenters. The van der Waals surface area contributed by atoms with Gasteiger partial charge in [0, 0.05) is 5.56 Å². The van der Waals surface area contributed by atoms with Crippen LogP contribution in [0.5, 0.6) is 5.75 Å². The van der Waals surface area contributed by atoms with Crippen LogP contribution in [0.1, 0.15) is 15.9 Å². The number of nitrogens with zero attached hydrogens (tertiary/aromatic N) is 3. The Kier molecular flexibility index (Phi) is 6.66. The second-order valence-corrected chi connectivity index (χ2v) is 7.69. The van der Waals surface area contributed by atoms with Gasteiger partial charge < -0.3 is 9.15 Å². The average Bonchev–Trinajstić information content (AvgIpc) is 3.48. The highest BCUT2D eigenvalue weighted by Crippen LogP contribution is 2.25. The van der Waals surface area contributed by atoms with Crippen LogP contribution >= 0.6 is 11.8 Å². The highest BCUT2D eigenvalue weighted by molar-refractivity contribution is 7.99. The molecule has 162 valence electrons. The maximum atomic E-state index is 12.4. The van der Waals surface area contributed by atoms with Crippen LogP contribution < -0.4 is 10.1 Å². The van der Waals surface area contributed by atoms with E-state index in [1.807, 2.05) is 34.9 Å². The molecule has 0 atom stereocenters. The van der Waals surface area contributed by atoms with Gasteiger partial charge in [-0.2, -0.15) is 0 Å². The molecular formula is C23H20N4O4S. The number of ether oxygens (including phenoxy) is 1. The molecule has 4 rings (SSSR count). The van der Waals surface area contributed by atoms with E-state index < -0.39 is 11.8 Å². The zero-order chi connectivity index (χ0) is 22.3. The van der Waals surface area contributed by atoms with Crippen LogP contribution in [0.25, 0.3) is 11.6 Å². The maximum Gasteiger partial charge on any atom is 0.257 e. The van der Waals surface area contributed by atoms with Crippen molar-refractivity contribution in [3.8, 4) is 17.3 Å². The van der Waals surface area contributed by atoms with Crippen LogP contribution in [-0.2, 0) is 11.3 Å². The van der Waals surface area contributed by atoms with Gasteiger partial charge in [0.1, 0.15) is 5.75 Å². The van der Waals surface area contributed by atoms with Gasteiger partial charge in [0.2, 0.25) is 11.7 Å². The number of amides is 2. The van der Waals surface area contributed by atoms with E-state index in [4.69, 9.17) is 9.15 Å². The lowest BCUT2D eigenvalue weighted by Crippen LogP contribution is -2.31. The highest BCUT2D eigenvalue weighted by atomic mass is 32.2. The summed E-state index contributed by atoms with van der Waals surface area (Å²) in [6.07, 6.45) is 1.57. The first-order valence-electron chi connectivity index (χ1n) is 9.76. The van der Waals surface area contributed by atoms with E-state index in [-0.39, 0.29) is 5.75 Å². The predicted molar refractivity (Wildman–Crippen MR) is 119 cm³/mol. The van der Waals surface area contributed by atoms with Crippen molar-refractivity contribution in [1.82, 2.24) is 20.1 Å². The number of benzene rings is 2. The standard InChI is InChI=1S/C23H20N4O4S/c1-30-18-11-9-17(10-12-18)22(29)24-20(28)15-32-23-26-25-21(19-8-5-13-31-19)27(23)14-16-6-3-2-4-7-16/h2-13H,14-15H2,1H3,(H,24,28,29). The third-order valence-corrected chi connectivity index (χ3v) is 5.55. The lowest BCUT2D eigenvalue weighted by atomic mass is 10.2. The number of imide groups is 1. The number of carbonyl (C=O) groups is 2. The van der Waals surface area contributed by atoms with E-state index in [0.717, 1.165) is 5.56 Å². The van der Waals surface area contributed by atoms with Crippen LogP contribution in [0.2, 0.25) is 0 Å². The lowest BCUT2D eigenvalue weighted by molar-refractivity contribution is -0.117. The van der Waals surface area contributed by atoms with E-state index in [9.17, 15) is 9.59 Å². The molecule has 0 bridgehead atoms. The molecule has 0 saturated carbocycles. The Bertz CT molecular complexity index is 1190. The minimum Gasteiger partial charge on any atom is -0.497 e. The second-order valence-electron chi connectivity index (χ2n) is 6.75. The van der Waals surface area contributed by atoms with Crippen molar-refractivity contribution in [2.45, 2.75) is 11.7 Å². The molecule has 2 aromatic carbocycles. The fraction of sp³-hybridized carbons (Fsp3) is 0.130. The molecule has 0 spiro atoms. The van der Waals surface area contributed by atoms with Crippen molar-refractivity contribution < 1.29 is 18.7 Å². The van der Waals surface area contributed by atoms with Gasteiger partial charge in [0.05, 0.1) is 25.7 Å². The number of rotatable bonds is 8. The van der Waals surface area contributed by atoms with E-state index in [0.29, 0.717) is 34.6 Å². The summed E-state index contributed by atoms with van der Waals surface area (Å²) in [6.45, 7) is 0.513. The first-order chi connectivity index (χ1) is 15.6. The van der Waals surface area contributed by atoms with Gasteiger partial charge in [-0.15, -0.1) is 10.2 Å². The molecule has 2 aromatic heterocycles. The Balaban J connectivity index is 1.45. The van der Waals surface area contributed by atoms with Gasteiger partial charge in [-0.05, 0) is 42.0 Å².